The number of aryl methyl sites for hydroxylation is 1. The molecule has 1 amide bonds. The van der Waals surface area contributed by atoms with Crippen LogP contribution in [0.15, 0.2) is 36.4 Å². The predicted octanol–water partition coefficient (Wildman–Crippen LogP) is 2.10. The van der Waals surface area contributed by atoms with Gasteiger partial charge in [0.15, 0.2) is 11.5 Å². The molecule has 1 aromatic carbocycles. The molecule has 7 nitrogen and oxygen atoms in total. The molecule has 1 atom stereocenters. The Morgan fingerprint density at radius 3 is 2.85 bits per heavy atom. The standard InChI is InChI=1S/C19H21FN6O/c1-13-22-23-17-8-9-18(24-26(13)17)25-10-2-3-15(12-25)19(27)21-11-14-4-6-16(20)7-5-14/h4-9,15H,2-3,10-12H2,1H3,(H,21,27)/t15-/m0/s1. The van der Waals surface area contributed by atoms with Crippen molar-refractivity contribution in [3.63, 3.8) is 0 Å². The Hall–Kier alpha value is -3.03. The van der Waals surface area contributed by atoms with Crippen molar-refractivity contribution in [3.8, 4) is 0 Å². The van der Waals surface area contributed by atoms with E-state index in [2.05, 4.69) is 25.5 Å². The monoisotopic (exact) mass is 368 g/mol. The van der Waals surface area contributed by atoms with Gasteiger partial charge in [0.2, 0.25) is 5.91 Å². The molecule has 1 fully saturated rings. The van der Waals surface area contributed by atoms with Crippen LogP contribution in [-0.2, 0) is 11.3 Å². The van der Waals surface area contributed by atoms with Gasteiger partial charge in [0.05, 0.1) is 5.92 Å². The number of carbonyl (C=O) groups excluding carboxylic acids is 1. The van der Waals surface area contributed by atoms with Crippen molar-refractivity contribution < 1.29 is 9.18 Å². The highest BCUT2D eigenvalue weighted by Crippen LogP contribution is 2.22. The Labute approximate surface area is 156 Å². The van der Waals surface area contributed by atoms with E-state index in [0.717, 1.165) is 36.6 Å². The first-order chi connectivity index (χ1) is 13.1. The number of hydrogen-bond acceptors (Lipinski definition) is 5. The average molecular weight is 368 g/mol. The molecule has 1 saturated heterocycles. The molecule has 0 radical (unpaired) electrons. The third-order valence-electron chi connectivity index (χ3n) is 4.90. The van der Waals surface area contributed by atoms with Crippen molar-refractivity contribution in [2.24, 2.45) is 5.92 Å². The van der Waals surface area contributed by atoms with E-state index in [4.69, 9.17) is 0 Å². The third kappa shape index (κ3) is 3.74. The number of amides is 1. The number of aromatic nitrogens is 4. The van der Waals surface area contributed by atoms with Gasteiger partial charge in [-0.15, -0.1) is 15.3 Å². The minimum Gasteiger partial charge on any atom is -0.354 e. The minimum absolute atomic E-state index is 0.0191. The Morgan fingerprint density at radius 1 is 1.22 bits per heavy atom. The number of benzene rings is 1. The zero-order chi connectivity index (χ0) is 18.8. The van der Waals surface area contributed by atoms with Crippen LogP contribution in [0, 0.1) is 18.7 Å². The number of hydrogen-bond donors (Lipinski definition) is 1. The molecule has 140 valence electrons. The summed E-state index contributed by atoms with van der Waals surface area (Å²) in [5.41, 5.74) is 1.59. The molecule has 1 aliphatic heterocycles. The van der Waals surface area contributed by atoms with E-state index in [1.165, 1.54) is 12.1 Å². The van der Waals surface area contributed by atoms with E-state index in [1.807, 2.05) is 19.1 Å². The summed E-state index contributed by atoms with van der Waals surface area (Å²) < 4.78 is 14.7. The largest absolute Gasteiger partial charge is 0.354 e. The van der Waals surface area contributed by atoms with Crippen LogP contribution in [0.3, 0.4) is 0 Å². The SMILES string of the molecule is Cc1nnc2ccc(N3CCC[C@H](C(=O)NCc4ccc(F)cc4)C3)nn12. The molecule has 0 saturated carbocycles. The average Bonchev–Trinajstić information content (AvgIpc) is 3.08. The lowest BCUT2D eigenvalue weighted by Crippen LogP contribution is -2.43. The Bertz CT molecular complexity index is 954. The van der Waals surface area contributed by atoms with E-state index in [1.54, 1.807) is 16.6 Å². The van der Waals surface area contributed by atoms with Gasteiger partial charge in [0.1, 0.15) is 11.6 Å². The second kappa shape index (κ2) is 7.30. The second-order valence-electron chi connectivity index (χ2n) is 6.84. The summed E-state index contributed by atoms with van der Waals surface area (Å²) in [7, 11) is 0. The number of halogens is 1. The van der Waals surface area contributed by atoms with Gasteiger partial charge in [-0.25, -0.2) is 4.39 Å². The van der Waals surface area contributed by atoms with Crippen LogP contribution in [0.1, 0.15) is 24.2 Å². The molecule has 1 aliphatic rings. The van der Waals surface area contributed by atoms with Crippen molar-refractivity contribution in [2.75, 3.05) is 18.0 Å². The maximum absolute atomic E-state index is 13.0. The molecule has 4 rings (SSSR count). The van der Waals surface area contributed by atoms with Gasteiger partial charge >= 0.3 is 0 Å². The Kier molecular flexibility index (Phi) is 4.70. The van der Waals surface area contributed by atoms with Crippen LogP contribution in [0.25, 0.3) is 5.65 Å². The zero-order valence-corrected chi connectivity index (χ0v) is 15.1. The van der Waals surface area contributed by atoms with Crippen molar-refractivity contribution >= 4 is 17.4 Å². The van der Waals surface area contributed by atoms with Crippen LogP contribution in [-0.4, -0.2) is 38.8 Å². The molecule has 27 heavy (non-hydrogen) atoms. The van der Waals surface area contributed by atoms with Gasteiger partial charge in [0.25, 0.3) is 0 Å². The lowest BCUT2D eigenvalue weighted by molar-refractivity contribution is -0.125. The van der Waals surface area contributed by atoms with Crippen LogP contribution >= 0.6 is 0 Å². The van der Waals surface area contributed by atoms with Crippen molar-refractivity contribution in [3.05, 3.63) is 53.6 Å². The normalized spacial score (nSPS) is 17.3. The second-order valence-corrected chi connectivity index (χ2v) is 6.84. The smallest absolute Gasteiger partial charge is 0.225 e. The molecule has 0 spiro atoms. The topological polar surface area (TPSA) is 75.4 Å². The molecule has 2 aromatic heterocycles. The fraction of sp³-hybridized carbons (Fsp3) is 0.368. The van der Waals surface area contributed by atoms with Crippen LogP contribution in [0.2, 0.25) is 0 Å². The first-order valence-corrected chi connectivity index (χ1v) is 9.06. The van der Waals surface area contributed by atoms with Gasteiger partial charge in [-0.2, -0.15) is 4.52 Å². The lowest BCUT2D eigenvalue weighted by atomic mass is 9.97. The van der Waals surface area contributed by atoms with E-state index in [9.17, 15) is 9.18 Å². The van der Waals surface area contributed by atoms with Crippen molar-refractivity contribution in [1.82, 2.24) is 25.1 Å². The molecule has 3 heterocycles. The Balaban J connectivity index is 1.41. The van der Waals surface area contributed by atoms with E-state index < -0.39 is 0 Å². The van der Waals surface area contributed by atoms with E-state index in [-0.39, 0.29) is 17.6 Å². The van der Waals surface area contributed by atoms with E-state index >= 15 is 0 Å². The van der Waals surface area contributed by atoms with Crippen LogP contribution in [0.4, 0.5) is 10.2 Å². The van der Waals surface area contributed by atoms with Crippen LogP contribution < -0.4 is 10.2 Å². The zero-order valence-electron chi connectivity index (χ0n) is 15.1. The maximum Gasteiger partial charge on any atom is 0.225 e. The molecular formula is C19H21FN6O. The van der Waals surface area contributed by atoms with Gasteiger partial charge in [-0.05, 0) is 49.6 Å². The summed E-state index contributed by atoms with van der Waals surface area (Å²) in [6.07, 6.45) is 1.77. The summed E-state index contributed by atoms with van der Waals surface area (Å²) in [5.74, 6) is 1.20. The first kappa shape index (κ1) is 17.4. The number of rotatable bonds is 4. The van der Waals surface area contributed by atoms with Crippen molar-refractivity contribution in [2.45, 2.75) is 26.3 Å². The molecule has 1 N–H and O–H groups in total. The summed E-state index contributed by atoms with van der Waals surface area (Å²) in [6.45, 7) is 3.74. The first-order valence-electron chi connectivity index (χ1n) is 9.06. The summed E-state index contributed by atoms with van der Waals surface area (Å²) >= 11 is 0. The maximum atomic E-state index is 13.0. The highest BCUT2D eigenvalue weighted by Gasteiger charge is 2.26. The van der Waals surface area contributed by atoms with Gasteiger partial charge < -0.3 is 10.2 Å². The lowest BCUT2D eigenvalue weighted by Gasteiger charge is -2.32. The number of anilines is 1. The fourth-order valence-electron chi connectivity index (χ4n) is 3.39. The predicted molar refractivity (Wildman–Crippen MR) is 98.7 cm³/mol. The molecule has 8 heteroatoms. The summed E-state index contributed by atoms with van der Waals surface area (Å²) in [5, 5.41) is 15.6. The molecule has 0 bridgehead atoms. The molecule has 0 aliphatic carbocycles. The fourth-order valence-corrected chi connectivity index (χ4v) is 3.39. The Morgan fingerprint density at radius 2 is 2.04 bits per heavy atom. The summed E-state index contributed by atoms with van der Waals surface area (Å²) in [4.78, 5) is 14.7. The molecule has 3 aromatic rings. The third-order valence-corrected chi connectivity index (χ3v) is 4.90. The quantitative estimate of drug-likeness (QED) is 0.763. The minimum atomic E-state index is -0.277. The number of nitrogens with one attached hydrogen (secondary N) is 1. The van der Waals surface area contributed by atoms with Crippen molar-refractivity contribution in [1.29, 1.82) is 0 Å². The van der Waals surface area contributed by atoms with Crippen LogP contribution in [0.5, 0.6) is 0 Å². The summed E-state index contributed by atoms with van der Waals surface area (Å²) in [6, 6.07) is 9.98. The van der Waals surface area contributed by atoms with Gasteiger partial charge in [0, 0.05) is 19.6 Å². The van der Waals surface area contributed by atoms with Gasteiger partial charge in [-0.1, -0.05) is 12.1 Å². The molecule has 0 unspecified atom stereocenters. The number of carbonyl (C=O) groups is 1. The highest BCUT2D eigenvalue weighted by molar-refractivity contribution is 5.79. The van der Waals surface area contributed by atoms with E-state index in [0.29, 0.717) is 18.7 Å². The van der Waals surface area contributed by atoms with Gasteiger partial charge in [-0.3, -0.25) is 4.79 Å². The number of piperidine rings is 1. The highest BCUT2D eigenvalue weighted by atomic mass is 19.1. The number of fused-ring (bicyclic) bond motifs is 1. The molecular weight excluding hydrogens is 347 g/mol. The number of nitrogens with zero attached hydrogens (tertiary/aromatic N) is 5.